The first kappa shape index (κ1) is 13.0. The van der Waals surface area contributed by atoms with Gasteiger partial charge in [0.25, 0.3) is 0 Å². The molecule has 3 nitrogen and oxygen atoms in total. The zero-order valence-electron chi connectivity index (χ0n) is 9.62. The summed E-state index contributed by atoms with van der Waals surface area (Å²) in [4.78, 5) is 15.8. The Morgan fingerprint density at radius 3 is 2.81 bits per heavy atom. The molecule has 0 amide bonds. The van der Waals surface area contributed by atoms with Gasteiger partial charge in [-0.1, -0.05) is 24.9 Å². The smallest absolute Gasteiger partial charge is 0.339 e. The van der Waals surface area contributed by atoms with Crippen LogP contribution in [-0.4, -0.2) is 17.6 Å². The van der Waals surface area contributed by atoms with E-state index in [1.54, 1.807) is 19.1 Å². The van der Waals surface area contributed by atoms with Crippen molar-refractivity contribution in [1.29, 1.82) is 0 Å². The molecule has 0 aromatic carbocycles. The summed E-state index contributed by atoms with van der Waals surface area (Å²) in [5, 5.41) is 0.416. The molecule has 0 atom stereocenters. The quantitative estimate of drug-likeness (QED) is 0.587. The molecular weight excluding hydrogens is 226 g/mol. The summed E-state index contributed by atoms with van der Waals surface area (Å²) >= 11 is 5.81. The molecule has 0 unspecified atom stereocenters. The number of unbranched alkanes of at least 4 members (excludes halogenated alkanes) is 1. The van der Waals surface area contributed by atoms with Gasteiger partial charge in [-0.25, -0.2) is 9.78 Å². The molecule has 16 heavy (non-hydrogen) atoms. The van der Waals surface area contributed by atoms with E-state index in [-0.39, 0.29) is 5.97 Å². The lowest BCUT2D eigenvalue weighted by molar-refractivity contribution is 0.0524. The van der Waals surface area contributed by atoms with Crippen LogP contribution in [0.4, 0.5) is 0 Å². The van der Waals surface area contributed by atoms with Crippen LogP contribution in [0.5, 0.6) is 0 Å². The Balaban J connectivity index is 2.92. The number of carbonyl (C=O) groups is 1. The summed E-state index contributed by atoms with van der Waals surface area (Å²) in [6, 6.07) is 3.29. The summed E-state index contributed by atoms with van der Waals surface area (Å²) < 4.78 is 4.97. The number of rotatable bonds is 5. The Morgan fingerprint density at radius 1 is 1.44 bits per heavy atom. The Hall–Kier alpha value is -1.09. The molecule has 1 heterocycles. The molecule has 0 aliphatic heterocycles. The van der Waals surface area contributed by atoms with Gasteiger partial charge >= 0.3 is 5.97 Å². The molecule has 0 aliphatic rings. The number of esters is 1. The Morgan fingerprint density at radius 2 is 2.19 bits per heavy atom. The van der Waals surface area contributed by atoms with E-state index in [1.807, 2.05) is 0 Å². The number of aromatic nitrogens is 1. The van der Waals surface area contributed by atoms with Gasteiger partial charge in [0, 0.05) is 0 Å². The predicted molar refractivity (Wildman–Crippen MR) is 63.8 cm³/mol. The van der Waals surface area contributed by atoms with Crippen LogP contribution in [0.3, 0.4) is 0 Å². The number of hydrogen-bond donors (Lipinski definition) is 0. The fourth-order valence-corrected chi connectivity index (χ4v) is 1.57. The first-order valence-electron chi connectivity index (χ1n) is 5.51. The van der Waals surface area contributed by atoms with Crippen molar-refractivity contribution in [2.24, 2.45) is 0 Å². The molecule has 88 valence electrons. The maximum atomic E-state index is 11.6. The minimum atomic E-state index is -0.322. The SMILES string of the molecule is CCCCc1nc(Cl)ccc1C(=O)OCC. The third kappa shape index (κ3) is 3.49. The molecule has 1 aromatic heterocycles. The number of halogens is 1. The molecule has 0 N–H and O–H groups in total. The maximum absolute atomic E-state index is 11.6. The third-order valence-electron chi connectivity index (χ3n) is 2.20. The van der Waals surface area contributed by atoms with Gasteiger partial charge in [0.2, 0.25) is 0 Å². The lowest BCUT2D eigenvalue weighted by Gasteiger charge is -2.07. The monoisotopic (exact) mass is 241 g/mol. The number of nitrogens with zero attached hydrogens (tertiary/aromatic N) is 1. The highest BCUT2D eigenvalue weighted by Crippen LogP contribution is 2.15. The molecule has 0 saturated heterocycles. The van der Waals surface area contributed by atoms with Crippen molar-refractivity contribution in [3.05, 3.63) is 28.5 Å². The van der Waals surface area contributed by atoms with Crippen molar-refractivity contribution in [2.75, 3.05) is 6.61 Å². The molecule has 0 bridgehead atoms. The Labute approximate surface area is 101 Å². The van der Waals surface area contributed by atoms with E-state index in [0.29, 0.717) is 17.3 Å². The van der Waals surface area contributed by atoms with Crippen LogP contribution >= 0.6 is 11.6 Å². The van der Waals surface area contributed by atoms with E-state index in [2.05, 4.69) is 11.9 Å². The molecule has 4 heteroatoms. The summed E-state index contributed by atoms with van der Waals surface area (Å²) in [7, 11) is 0. The van der Waals surface area contributed by atoms with Gasteiger partial charge in [-0.15, -0.1) is 0 Å². The van der Waals surface area contributed by atoms with Crippen molar-refractivity contribution in [2.45, 2.75) is 33.1 Å². The largest absolute Gasteiger partial charge is 0.462 e. The zero-order valence-corrected chi connectivity index (χ0v) is 10.4. The Bertz CT molecular complexity index is 366. The highest BCUT2D eigenvalue weighted by atomic mass is 35.5. The summed E-state index contributed by atoms with van der Waals surface area (Å²) in [5.41, 5.74) is 1.26. The zero-order chi connectivity index (χ0) is 12.0. The van der Waals surface area contributed by atoms with Crippen LogP contribution in [0, 0.1) is 0 Å². The highest BCUT2D eigenvalue weighted by molar-refractivity contribution is 6.29. The van der Waals surface area contributed by atoms with E-state index in [4.69, 9.17) is 16.3 Å². The van der Waals surface area contributed by atoms with Crippen LogP contribution in [0.15, 0.2) is 12.1 Å². The minimum absolute atomic E-state index is 0.322. The van der Waals surface area contributed by atoms with Gasteiger partial charge < -0.3 is 4.74 Å². The molecule has 1 aromatic rings. The fourth-order valence-electron chi connectivity index (χ4n) is 1.40. The third-order valence-corrected chi connectivity index (χ3v) is 2.41. The van der Waals surface area contributed by atoms with Gasteiger partial charge in [-0.2, -0.15) is 0 Å². The average Bonchev–Trinajstić information content (AvgIpc) is 2.26. The second-order valence-corrected chi connectivity index (χ2v) is 3.84. The lowest BCUT2D eigenvalue weighted by Crippen LogP contribution is -2.09. The van der Waals surface area contributed by atoms with E-state index >= 15 is 0 Å². The predicted octanol–water partition coefficient (Wildman–Crippen LogP) is 3.25. The van der Waals surface area contributed by atoms with Crippen molar-refractivity contribution in [1.82, 2.24) is 4.98 Å². The van der Waals surface area contributed by atoms with Crippen molar-refractivity contribution >= 4 is 17.6 Å². The average molecular weight is 242 g/mol. The molecule has 0 spiro atoms. The minimum Gasteiger partial charge on any atom is -0.462 e. The topological polar surface area (TPSA) is 39.2 Å². The maximum Gasteiger partial charge on any atom is 0.339 e. The molecule has 1 rings (SSSR count). The number of hydrogen-bond acceptors (Lipinski definition) is 3. The second kappa shape index (κ2) is 6.48. The molecule has 0 radical (unpaired) electrons. The van der Waals surface area contributed by atoms with Gasteiger partial charge in [0.05, 0.1) is 17.9 Å². The van der Waals surface area contributed by atoms with E-state index < -0.39 is 0 Å². The van der Waals surface area contributed by atoms with Crippen LogP contribution in [0.1, 0.15) is 42.7 Å². The van der Waals surface area contributed by atoms with Crippen molar-refractivity contribution in [3.8, 4) is 0 Å². The number of ether oxygens (including phenoxy) is 1. The molecule has 0 fully saturated rings. The van der Waals surface area contributed by atoms with Crippen LogP contribution in [0.25, 0.3) is 0 Å². The number of aryl methyl sites for hydroxylation is 1. The van der Waals surface area contributed by atoms with E-state index in [0.717, 1.165) is 25.0 Å². The van der Waals surface area contributed by atoms with Crippen molar-refractivity contribution in [3.63, 3.8) is 0 Å². The lowest BCUT2D eigenvalue weighted by atomic mass is 10.1. The summed E-state index contributed by atoms with van der Waals surface area (Å²) in [5.74, 6) is -0.322. The van der Waals surface area contributed by atoms with Gasteiger partial charge in [0.15, 0.2) is 0 Å². The summed E-state index contributed by atoms with van der Waals surface area (Å²) in [6.45, 7) is 4.25. The van der Waals surface area contributed by atoms with Crippen LogP contribution < -0.4 is 0 Å². The van der Waals surface area contributed by atoms with Crippen molar-refractivity contribution < 1.29 is 9.53 Å². The number of carbonyl (C=O) groups excluding carboxylic acids is 1. The Kier molecular flexibility index (Phi) is 5.26. The van der Waals surface area contributed by atoms with Crippen LogP contribution in [-0.2, 0) is 11.2 Å². The highest BCUT2D eigenvalue weighted by Gasteiger charge is 2.13. The summed E-state index contributed by atoms with van der Waals surface area (Å²) in [6.07, 6.45) is 2.79. The van der Waals surface area contributed by atoms with E-state index in [1.165, 1.54) is 0 Å². The normalized spacial score (nSPS) is 10.2. The molecule has 0 aliphatic carbocycles. The van der Waals surface area contributed by atoms with Gasteiger partial charge in [-0.3, -0.25) is 0 Å². The van der Waals surface area contributed by atoms with Crippen LogP contribution in [0.2, 0.25) is 5.15 Å². The first-order valence-corrected chi connectivity index (χ1v) is 5.89. The van der Waals surface area contributed by atoms with Gasteiger partial charge in [0.1, 0.15) is 5.15 Å². The van der Waals surface area contributed by atoms with E-state index in [9.17, 15) is 4.79 Å². The number of pyridine rings is 1. The molecular formula is C12H16ClNO2. The second-order valence-electron chi connectivity index (χ2n) is 3.45. The fraction of sp³-hybridized carbons (Fsp3) is 0.500. The molecule has 0 saturated carbocycles. The first-order chi connectivity index (χ1) is 7.69. The standard InChI is InChI=1S/C12H16ClNO2/c1-3-5-6-10-9(12(15)16-4-2)7-8-11(13)14-10/h7-8H,3-6H2,1-2H3. The van der Waals surface area contributed by atoms with Gasteiger partial charge in [-0.05, 0) is 31.9 Å².